The average Bonchev–Trinajstić information content (AvgIpc) is 2.96. The van der Waals surface area contributed by atoms with Gasteiger partial charge in [0.2, 0.25) is 5.95 Å². The van der Waals surface area contributed by atoms with Gasteiger partial charge in [0.1, 0.15) is 12.4 Å². The molecule has 2 heterocycles. The summed E-state index contributed by atoms with van der Waals surface area (Å²) in [6, 6.07) is 2.96. The van der Waals surface area contributed by atoms with Crippen molar-refractivity contribution in [3.63, 3.8) is 0 Å². The minimum Gasteiger partial charge on any atom is -0.386 e. The fourth-order valence-corrected chi connectivity index (χ4v) is 2.40. The highest BCUT2D eigenvalue weighted by molar-refractivity contribution is 7.16. The van der Waals surface area contributed by atoms with E-state index in [0.29, 0.717) is 15.2 Å². The van der Waals surface area contributed by atoms with Crippen LogP contribution in [0.2, 0.25) is 4.34 Å². The number of aryl methyl sites for hydroxylation is 1. The van der Waals surface area contributed by atoms with Crippen molar-refractivity contribution < 1.29 is 9.90 Å². The van der Waals surface area contributed by atoms with Crippen LogP contribution in [0.1, 0.15) is 11.0 Å². The number of thiophene rings is 1. The monoisotopic (exact) mass is 301 g/mol. The van der Waals surface area contributed by atoms with Crippen LogP contribution in [-0.4, -0.2) is 32.4 Å². The Labute approximate surface area is 118 Å². The number of anilines is 1. The summed E-state index contributed by atoms with van der Waals surface area (Å²) in [6.07, 6.45) is 0.542. The summed E-state index contributed by atoms with van der Waals surface area (Å²) in [4.78, 5) is 16.1. The van der Waals surface area contributed by atoms with E-state index in [0.717, 1.165) is 0 Å². The summed E-state index contributed by atoms with van der Waals surface area (Å²) in [5.74, 6) is 0.325. The van der Waals surface area contributed by atoms with Crippen molar-refractivity contribution in [2.75, 3.05) is 11.9 Å². The zero-order valence-corrected chi connectivity index (χ0v) is 11.6. The molecule has 0 aliphatic rings. The smallest absolute Gasteiger partial charge is 0.321 e. The van der Waals surface area contributed by atoms with Crippen LogP contribution >= 0.6 is 22.9 Å². The molecule has 1 atom stereocenters. The maximum atomic E-state index is 11.6. The number of aliphatic hydroxyl groups is 1. The van der Waals surface area contributed by atoms with Gasteiger partial charge in [0.05, 0.1) is 10.9 Å². The second-order valence-corrected chi connectivity index (χ2v) is 5.45. The molecule has 1 unspecified atom stereocenters. The van der Waals surface area contributed by atoms with Gasteiger partial charge in [-0.05, 0) is 12.1 Å². The number of amides is 2. The Morgan fingerprint density at radius 3 is 3.00 bits per heavy atom. The van der Waals surface area contributed by atoms with Crippen LogP contribution in [0.3, 0.4) is 0 Å². The van der Waals surface area contributed by atoms with E-state index in [4.69, 9.17) is 11.6 Å². The number of aromatic nitrogens is 3. The second-order valence-electron chi connectivity index (χ2n) is 3.70. The zero-order chi connectivity index (χ0) is 13.8. The molecule has 9 heteroatoms. The van der Waals surface area contributed by atoms with Crippen molar-refractivity contribution in [2.24, 2.45) is 7.05 Å². The molecule has 2 rings (SSSR count). The standard InChI is InChI=1S/C10H12ClN5O2S/c1-16-9(13-5-14-16)15-10(18)12-4-6(17)7-2-3-8(11)19-7/h2-3,5-6,17H,4H2,1H3,(H2,12,13,14,15,18). The molecule has 7 nitrogen and oxygen atoms in total. The van der Waals surface area contributed by atoms with Gasteiger partial charge in [-0.3, -0.25) is 5.32 Å². The van der Waals surface area contributed by atoms with Crippen LogP contribution in [0, 0.1) is 0 Å². The van der Waals surface area contributed by atoms with E-state index in [-0.39, 0.29) is 6.54 Å². The normalized spacial score (nSPS) is 12.2. The van der Waals surface area contributed by atoms with E-state index < -0.39 is 12.1 Å². The highest BCUT2D eigenvalue weighted by Crippen LogP contribution is 2.26. The van der Waals surface area contributed by atoms with E-state index in [9.17, 15) is 9.90 Å². The lowest BCUT2D eigenvalue weighted by molar-refractivity contribution is 0.178. The average molecular weight is 302 g/mol. The highest BCUT2D eigenvalue weighted by atomic mass is 35.5. The molecule has 0 aliphatic carbocycles. The first kappa shape index (κ1) is 13.8. The summed E-state index contributed by atoms with van der Waals surface area (Å²) in [7, 11) is 1.66. The number of aliphatic hydroxyl groups excluding tert-OH is 1. The molecular weight excluding hydrogens is 290 g/mol. The van der Waals surface area contributed by atoms with Gasteiger partial charge in [-0.15, -0.1) is 11.3 Å². The first-order valence-electron chi connectivity index (χ1n) is 5.38. The van der Waals surface area contributed by atoms with Crippen molar-refractivity contribution in [2.45, 2.75) is 6.10 Å². The Balaban J connectivity index is 1.82. The summed E-state index contributed by atoms with van der Waals surface area (Å²) < 4.78 is 2.02. The SMILES string of the molecule is Cn1ncnc1NC(=O)NCC(O)c1ccc(Cl)s1. The number of carbonyl (C=O) groups excluding carboxylic acids is 1. The molecule has 2 amide bonds. The molecule has 2 aromatic heterocycles. The molecule has 0 saturated heterocycles. The number of hydrogen-bond donors (Lipinski definition) is 3. The highest BCUT2D eigenvalue weighted by Gasteiger charge is 2.12. The number of halogens is 1. The maximum absolute atomic E-state index is 11.6. The van der Waals surface area contributed by atoms with Crippen molar-refractivity contribution in [1.82, 2.24) is 20.1 Å². The van der Waals surface area contributed by atoms with Gasteiger partial charge in [-0.1, -0.05) is 11.6 Å². The Hall–Kier alpha value is -1.64. The van der Waals surface area contributed by atoms with Gasteiger partial charge in [0.25, 0.3) is 0 Å². The number of nitrogens with one attached hydrogen (secondary N) is 2. The van der Waals surface area contributed by atoms with Crippen molar-refractivity contribution in [3.05, 3.63) is 27.7 Å². The maximum Gasteiger partial charge on any atom is 0.321 e. The molecule has 0 spiro atoms. The van der Waals surface area contributed by atoms with Crippen LogP contribution in [0.5, 0.6) is 0 Å². The van der Waals surface area contributed by atoms with Crippen LogP contribution in [-0.2, 0) is 7.05 Å². The second kappa shape index (κ2) is 6.00. The molecule has 0 fully saturated rings. The number of urea groups is 1. The molecule has 0 radical (unpaired) electrons. The van der Waals surface area contributed by atoms with Crippen LogP contribution in [0.15, 0.2) is 18.5 Å². The van der Waals surface area contributed by atoms with E-state index in [1.807, 2.05) is 0 Å². The molecule has 102 valence electrons. The predicted octanol–water partition coefficient (Wildman–Crippen LogP) is 1.39. The van der Waals surface area contributed by atoms with Gasteiger partial charge in [-0.2, -0.15) is 10.1 Å². The lowest BCUT2D eigenvalue weighted by Crippen LogP contribution is -2.33. The quantitative estimate of drug-likeness (QED) is 0.795. The number of nitrogens with zero attached hydrogens (tertiary/aromatic N) is 3. The topological polar surface area (TPSA) is 92.1 Å². The molecule has 0 saturated carbocycles. The molecule has 19 heavy (non-hydrogen) atoms. The van der Waals surface area contributed by atoms with E-state index in [2.05, 4.69) is 20.7 Å². The predicted molar refractivity (Wildman–Crippen MR) is 72.3 cm³/mol. The lowest BCUT2D eigenvalue weighted by Gasteiger charge is -2.10. The van der Waals surface area contributed by atoms with Gasteiger partial charge in [0, 0.05) is 11.9 Å². The van der Waals surface area contributed by atoms with Gasteiger partial charge >= 0.3 is 6.03 Å². The molecule has 0 bridgehead atoms. The van der Waals surface area contributed by atoms with Crippen LogP contribution in [0.4, 0.5) is 10.7 Å². The molecular formula is C10H12ClN5O2S. The molecule has 0 aromatic carbocycles. The Morgan fingerprint density at radius 1 is 1.63 bits per heavy atom. The minimum atomic E-state index is -0.789. The van der Waals surface area contributed by atoms with Crippen LogP contribution < -0.4 is 10.6 Å². The largest absolute Gasteiger partial charge is 0.386 e. The van der Waals surface area contributed by atoms with E-state index in [1.54, 1.807) is 19.2 Å². The third-order valence-electron chi connectivity index (χ3n) is 2.32. The molecule has 2 aromatic rings. The Kier molecular flexibility index (Phi) is 4.35. The molecule has 3 N–H and O–H groups in total. The first-order chi connectivity index (χ1) is 9.06. The summed E-state index contributed by atoms with van der Waals surface area (Å²) in [5.41, 5.74) is 0. The fourth-order valence-electron chi connectivity index (χ4n) is 1.35. The van der Waals surface area contributed by atoms with Gasteiger partial charge in [-0.25, -0.2) is 9.48 Å². The summed E-state index contributed by atoms with van der Waals surface area (Å²) >= 11 is 7.04. The van der Waals surface area contributed by atoms with E-state index in [1.165, 1.54) is 22.3 Å². The summed E-state index contributed by atoms with van der Waals surface area (Å²) in [5, 5.41) is 18.7. The number of rotatable bonds is 4. The van der Waals surface area contributed by atoms with Crippen molar-refractivity contribution >= 4 is 34.9 Å². The third kappa shape index (κ3) is 3.66. The zero-order valence-electron chi connectivity index (χ0n) is 10.00. The minimum absolute atomic E-state index is 0.0839. The van der Waals surface area contributed by atoms with Gasteiger partial charge < -0.3 is 10.4 Å². The van der Waals surface area contributed by atoms with E-state index >= 15 is 0 Å². The van der Waals surface area contributed by atoms with Crippen LogP contribution in [0.25, 0.3) is 0 Å². The molecule has 0 aliphatic heterocycles. The van der Waals surface area contributed by atoms with Gasteiger partial charge in [0.15, 0.2) is 0 Å². The first-order valence-corrected chi connectivity index (χ1v) is 6.58. The number of hydrogen-bond acceptors (Lipinski definition) is 5. The van der Waals surface area contributed by atoms with Crippen molar-refractivity contribution in [3.8, 4) is 0 Å². The third-order valence-corrected chi connectivity index (χ3v) is 3.65. The summed E-state index contributed by atoms with van der Waals surface area (Å²) in [6.45, 7) is 0.0839. The Morgan fingerprint density at radius 2 is 2.42 bits per heavy atom. The Bertz CT molecular complexity index is 570. The fraction of sp³-hybridized carbons (Fsp3) is 0.300. The van der Waals surface area contributed by atoms with Crippen molar-refractivity contribution in [1.29, 1.82) is 0 Å². The lowest BCUT2D eigenvalue weighted by atomic mass is 10.3. The number of carbonyl (C=O) groups is 1.